The normalized spacial score (nSPS) is 12.1. The van der Waals surface area contributed by atoms with Gasteiger partial charge in [0.1, 0.15) is 5.49 Å². The maximum atomic E-state index is 12.1. The van der Waals surface area contributed by atoms with Crippen molar-refractivity contribution in [3.05, 3.63) is 54.0 Å². The number of rotatable bonds is 2. The van der Waals surface area contributed by atoms with Gasteiger partial charge < -0.3 is 4.42 Å². The maximum absolute atomic E-state index is 12.1. The van der Waals surface area contributed by atoms with Crippen molar-refractivity contribution in [2.24, 2.45) is 4.99 Å². The van der Waals surface area contributed by atoms with Crippen LogP contribution in [0.25, 0.3) is 0 Å². The molecule has 4 heteroatoms. The third-order valence-electron chi connectivity index (χ3n) is 2.18. The van der Waals surface area contributed by atoms with E-state index in [2.05, 4.69) is 4.99 Å². The second-order valence-electron chi connectivity index (χ2n) is 3.93. The van der Waals surface area contributed by atoms with E-state index in [9.17, 15) is 4.79 Å². The highest BCUT2D eigenvalue weighted by Crippen LogP contribution is 2.02. The predicted octanol–water partition coefficient (Wildman–Crippen LogP) is 2.08. The molecule has 0 aliphatic heterocycles. The number of pyridine rings is 1. The molecule has 0 amide bonds. The fraction of sp³-hybridized carbons (Fsp3) is 0.231. The van der Waals surface area contributed by atoms with Crippen molar-refractivity contribution in [3.8, 4) is 0 Å². The summed E-state index contributed by atoms with van der Waals surface area (Å²) in [5, 5.41) is 0. The molecule has 2 rings (SSSR count). The molecular formula is C13H14N2O2. The molecule has 17 heavy (non-hydrogen) atoms. The summed E-state index contributed by atoms with van der Waals surface area (Å²) in [5.41, 5.74) is 0.629. The van der Waals surface area contributed by atoms with Gasteiger partial charge in [-0.1, -0.05) is 6.07 Å². The van der Waals surface area contributed by atoms with Gasteiger partial charge >= 0.3 is 0 Å². The fourth-order valence-electron chi connectivity index (χ4n) is 1.49. The smallest absolute Gasteiger partial charge is 0.299 e. The minimum Gasteiger partial charge on any atom is -0.459 e. The Labute approximate surface area is 99.2 Å². The summed E-state index contributed by atoms with van der Waals surface area (Å²) in [6.45, 7) is 3.93. The van der Waals surface area contributed by atoms with Crippen LogP contribution in [0.15, 0.2) is 52.2 Å². The monoisotopic (exact) mass is 230 g/mol. The average Bonchev–Trinajstić information content (AvgIpc) is 2.81. The first kappa shape index (κ1) is 11.4. The topological polar surface area (TPSA) is 47.5 Å². The van der Waals surface area contributed by atoms with E-state index < -0.39 is 0 Å². The highest BCUT2D eigenvalue weighted by Gasteiger charge is 2.10. The van der Waals surface area contributed by atoms with Crippen LogP contribution in [0.3, 0.4) is 0 Å². The van der Waals surface area contributed by atoms with E-state index in [-0.39, 0.29) is 11.9 Å². The summed E-state index contributed by atoms with van der Waals surface area (Å²) in [4.78, 5) is 16.5. The van der Waals surface area contributed by atoms with E-state index in [1.807, 2.05) is 19.9 Å². The van der Waals surface area contributed by atoms with Crippen LogP contribution in [-0.4, -0.2) is 16.5 Å². The molecule has 0 unspecified atom stereocenters. The molecular weight excluding hydrogens is 216 g/mol. The van der Waals surface area contributed by atoms with Gasteiger partial charge in [0.2, 0.25) is 0 Å². The zero-order valence-corrected chi connectivity index (χ0v) is 9.83. The van der Waals surface area contributed by atoms with Crippen LogP contribution in [-0.2, 0) is 0 Å². The molecule has 0 atom stereocenters. The molecule has 0 fully saturated rings. The van der Waals surface area contributed by atoms with E-state index in [4.69, 9.17) is 4.42 Å². The lowest BCUT2D eigenvalue weighted by Gasteiger charge is -2.04. The number of aromatic nitrogens is 1. The largest absolute Gasteiger partial charge is 0.459 e. The van der Waals surface area contributed by atoms with Crippen molar-refractivity contribution in [2.75, 3.05) is 0 Å². The molecule has 0 saturated heterocycles. The first-order chi connectivity index (χ1) is 8.18. The number of nitrogens with zero attached hydrogens (tertiary/aromatic N) is 2. The number of hydrogen-bond acceptors (Lipinski definition) is 3. The SMILES string of the molecule is CC(C)N=c1ccccn1C(=O)c1ccco1. The number of carbonyl (C=O) groups is 1. The zero-order valence-electron chi connectivity index (χ0n) is 9.83. The Bertz CT molecular complexity index is 565. The summed E-state index contributed by atoms with van der Waals surface area (Å²) in [7, 11) is 0. The third-order valence-corrected chi connectivity index (χ3v) is 2.18. The Morgan fingerprint density at radius 3 is 2.76 bits per heavy atom. The molecule has 4 nitrogen and oxygen atoms in total. The Kier molecular flexibility index (Phi) is 3.23. The zero-order chi connectivity index (χ0) is 12.3. The lowest BCUT2D eigenvalue weighted by molar-refractivity contribution is 0.0927. The molecule has 0 aliphatic carbocycles. The molecule has 88 valence electrons. The van der Waals surface area contributed by atoms with Crippen LogP contribution >= 0.6 is 0 Å². The van der Waals surface area contributed by atoms with Gasteiger partial charge in [0, 0.05) is 12.2 Å². The first-order valence-corrected chi connectivity index (χ1v) is 5.48. The van der Waals surface area contributed by atoms with Crippen LogP contribution in [0, 0.1) is 0 Å². The van der Waals surface area contributed by atoms with E-state index in [1.165, 1.54) is 10.8 Å². The van der Waals surface area contributed by atoms with E-state index in [0.717, 1.165) is 0 Å². The molecule has 0 spiro atoms. The Morgan fingerprint density at radius 2 is 2.12 bits per heavy atom. The highest BCUT2D eigenvalue weighted by atomic mass is 16.3. The van der Waals surface area contributed by atoms with Crippen molar-refractivity contribution in [2.45, 2.75) is 19.9 Å². The molecule has 2 aromatic rings. The summed E-state index contributed by atoms with van der Waals surface area (Å²) < 4.78 is 6.58. The van der Waals surface area contributed by atoms with Crippen LogP contribution < -0.4 is 5.49 Å². The standard InChI is InChI=1S/C13H14N2O2/c1-10(2)14-12-7-3-4-8-15(12)13(16)11-6-5-9-17-11/h3-10H,1-2H3. The van der Waals surface area contributed by atoms with Crippen molar-refractivity contribution in [1.82, 2.24) is 4.57 Å². The molecule has 0 saturated carbocycles. The average molecular weight is 230 g/mol. The summed E-state index contributed by atoms with van der Waals surface area (Å²) >= 11 is 0. The predicted molar refractivity (Wildman–Crippen MR) is 63.6 cm³/mol. The van der Waals surface area contributed by atoms with Crippen LogP contribution in [0.5, 0.6) is 0 Å². The Morgan fingerprint density at radius 1 is 1.29 bits per heavy atom. The van der Waals surface area contributed by atoms with Gasteiger partial charge in [-0.2, -0.15) is 0 Å². The van der Waals surface area contributed by atoms with Gasteiger partial charge in [0.05, 0.1) is 6.26 Å². The summed E-state index contributed by atoms with van der Waals surface area (Å²) in [5.74, 6) is 0.0939. The van der Waals surface area contributed by atoms with E-state index in [1.54, 1.807) is 30.5 Å². The van der Waals surface area contributed by atoms with Gasteiger partial charge in [0.25, 0.3) is 5.91 Å². The van der Waals surface area contributed by atoms with Crippen LogP contribution in [0.4, 0.5) is 0 Å². The van der Waals surface area contributed by atoms with Gasteiger partial charge in [0.15, 0.2) is 5.76 Å². The molecule has 0 bridgehead atoms. The lowest BCUT2D eigenvalue weighted by Crippen LogP contribution is -2.27. The first-order valence-electron chi connectivity index (χ1n) is 5.48. The third kappa shape index (κ3) is 2.53. The number of furan rings is 1. The second-order valence-corrected chi connectivity index (χ2v) is 3.93. The van der Waals surface area contributed by atoms with E-state index in [0.29, 0.717) is 11.2 Å². The summed E-state index contributed by atoms with van der Waals surface area (Å²) in [6.07, 6.45) is 3.17. The van der Waals surface area contributed by atoms with E-state index >= 15 is 0 Å². The van der Waals surface area contributed by atoms with Gasteiger partial charge in [-0.15, -0.1) is 0 Å². The van der Waals surface area contributed by atoms with Crippen molar-refractivity contribution in [3.63, 3.8) is 0 Å². The minimum atomic E-state index is -0.213. The lowest BCUT2D eigenvalue weighted by atomic mass is 10.3. The molecule has 2 heterocycles. The van der Waals surface area contributed by atoms with Gasteiger partial charge in [-0.05, 0) is 38.1 Å². The number of carbonyl (C=O) groups excluding carboxylic acids is 1. The maximum Gasteiger partial charge on any atom is 0.299 e. The summed E-state index contributed by atoms with van der Waals surface area (Å²) in [6, 6.07) is 8.92. The minimum absolute atomic E-state index is 0.132. The van der Waals surface area contributed by atoms with Crippen molar-refractivity contribution < 1.29 is 9.21 Å². The molecule has 0 aromatic carbocycles. The van der Waals surface area contributed by atoms with Crippen LogP contribution in [0.1, 0.15) is 24.4 Å². The molecule has 2 aromatic heterocycles. The Balaban J connectivity index is 2.50. The molecule has 0 aliphatic rings. The number of hydrogen-bond donors (Lipinski definition) is 0. The quantitative estimate of drug-likeness (QED) is 0.793. The van der Waals surface area contributed by atoms with Crippen LogP contribution in [0.2, 0.25) is 0 Å². The van der Waals surface area contributed by atoms with Gasteiger partial charge in [-0.25, -0.2) is 0 Å². The second kappa shape index (κ2) is 4.82. The highest BCUT2D eigenvalue weighted by molar-refractivity contribution is 5.93. The molecule has 0 N–H and O–H groups in total. The van der Waals surface area contributed by atoms with Crippen molar-refractivity contribution in [1.29, 1.82) is 0 Å². The fourth-order valence-corrected chi connectivity index (χ4v) is 1.49. The Hall–Kier alpha value is -2.10. The van der Waals surface area contributed by atoms with Gasteiger partial charge in [-0.3, -0.25) is 14.4 Å². The molecule has 0 radical (unpaired) electrons. The van der Waals surface area contributed by atoms with Crippen molar-refractivity contribution >= 4 is 5.91 Å².